The van der Waals surface area contributed by atoms with Crippen LogP contribution in [-0.4, -0.2) is 24.6 Å². The Kier molecular flexibility index (Phi) is 7.21. The van der Waals surface area contributed by atoms with E-state index in [2.05, 4.69) is 5.32 Å². The minimum Gasteiger partial charge on any atom is -0.493 e. The molecule has 5 nitrogen and oxygen atoms in total. The first kappa shape index (κ1) is 19.5. The first-order valence-electron chi connectivity index (χ1n) is 8.66. The van der Waals surface area contributed by atoms with Crippen LogP contribution >= 0.6 is 0 Å². The number of hydrogen-bond acceptors (Lipinski definition) is 4. The van der Waals surface area contributed by atoms with Gasteiger partial charge in [0.2, 0.25) is 0 Å². The summed E-state index contributed by atoms with van der Waals surface area (Å²) in [6.07, 6.45) is -0.754. The third-order valence-corrected chi connectivity index (χ3v) is 3.83. The van der Waals surface area contributed by atoms with E-state index in [1.807, 2.05) is 62.4 Å². The molecule has 1 atom stereocenters. The number of aryl methyl sites for hydroxylation is 2. The second kappa shape index (κ2) is 9.61. The van der Waals surface area contributed by atoms with Crippen molar-refractivity contribution < 1.29 is 19.1 Å². The van der Waals surface area contributed by atoms with Crippen molar-refractivity contribution in [1.29, 1.82) is 0 Å². The third-order valence-electron chi connectivity index (χ3n) is 3.83. The first-order chi connectivity index (χ1) is 12.4. The zero-order valence-electron chi connectivity index (χ0n) is 15.5. The van der Waals surface area contributed by atoms with Gasteiger partial charge in [0.05, 0.1) is 13.0 Å². The maximum atomic E-state index is 12.0. The van der Waals surface area contributed by atoms with Gasteiger partial charge in [0.15, 0.2) is 6.10 Å². The zero-order valence-corrected chi connectivity index (χ0v) is 15.5. The molecule has 2 aromatic carbocycles. The van der Waals surface area contributed by atoms with Crippen LogP contribution in [0.25, 0.3) is 0 Å². The van der Waals surface area contributed by atoms with Crippen molar-refractivity contribution in [3.8, 4) is 5.75 Å². The van der Waals surface area contributed by atoms with Gasteiger partial charge in [-0.05, 0) is 44.0 Å². The fourth-order valence-electron chi connectivity index (χ4n) is 2.31. The summed E-state index contributed by atoms with van der Waals surface area (Å²) in [5.74, 6) is -0.0733. The van der Waals surface area contributed by atoms with Crippen molar-refractivity contribution in [2.75, 3.05) is 6.61 Å². The molecular weight excluding hydrogens is 330 g/mol. The Labute approximate surface area is 154 Å². The van der Waals surface area contributed by atoms with Crippen LogP contribution < -0.4 is 10.1 Å². The fourth-order valence-corrected chi connectivity index (χ4v) is 2.31. The topological polar surface area (TPSA) is 64.6 Å². The van der Waals surface area contributed by atoms with Gasteiger partial charge < -0.3 is 14.8 Å². The minimum absolute atomic E-state index is 0.0868. The number of nitrogens with one attached hydrogen (secondary N) is 1. The molecule has 0 aliphatic heterocycles. The van der Waals surface area contributed by atoms with E-state index in [0.717, 1.165) is 16.7 Å². The van der Waals surface area contributed by atoms with Crippen molar-refractivity contribution in [3.05, 3.63) is 65.2 Å². The van der Waals surface area contributed by atoms with Gasteiger partial charge in [-0.3, -0.25) is 9.59 Å². The van der Waals surface area contributed by atoms with E-state index in [4.69, 9.17) is 9.47 Å². The Morgan fingerprint density at radius 3 is 2.46 bits per heavy atom. The van der Waals surface area contributed by atoms with E-state index in [9.17, 15) is 9.59 Å². The van der Waals surface area contributed by atoms with Crippen molar-refractivity contribution >= 4 is 11.9 Å². The zero-order chi connectivity index (χ0) is 18.9. The number of benzene rings is 2. The number of carbonyl (C=O) groups excluding carboxylic acids is 2. The van der Waals surface area contributed by atoms with Crippen LogP contribution in [0.5, 0.6) is 5.75 Å². The van der Waals surface area contributed by atoms with Crippen molar-refractivity contribution in [1.82, 2.24) is 5.32 Å². The Bertz CT molecular complexity index is 740. The lowest BCUT2D eigenvalue weighted by Gasteiger charge is -2.14. The summed E-state index contributed by atoms with van der Waals surface area (Å²) in [6, 6.07) is 15.5. The van der Waals surface area contributed by atoms with E-state index < -0.39 is 12.1 Å². The molecular formula is C21H25NO4. The van der Waals surface area contributed by atoms with E-state index in [1.54, 1.807) is 6.92 Å². The molecule has 0 heterocycles. The molecule has 0 unspecified atom stereocenters. The predicted molar refractivity (Wildman–Crippen MR) is 99.9 cm³/mol. The number of ether oxygens (including phenoxy) is 2. The van der Waals surface area contributed by atoms with Crippen molar-refractivity contribution in [3.63, 3.8) is 0 Å². The highest BCUT2D eigenvalue weighted by atomic mass is 16.5. The molecule has 0 spiro atoms. The van der Waals surface area contributed by atoms with Gasteiger partial charge >= 0.3 is 5.97 Å². The number of esters is 1. The number of hydrogen-bond donors (Lipinski definition) is 1. The summed E-state index contributed by atoms with van der Waals surface area (Å²) >= 11 is 0. The molecule has 5 heteroatoms. The molecule has 2 aromatic rings. The van der Waals surface area contributed by atoms with Gasteiger partial charge in [-0.1, -0.05) is 42.0 Å². The molecule has 0 aliphatic rings. The van der Waals surface area contributed by atoms with Crippen LogP contribution in [-0.2, 0) is 20.9 Å². The summed E-state index contributed by atoms with van der Waals surface area (Å²) in [7, 11) is 0. The number of amides is 1. The average Bonchev–Trinajstić information content (AvgIpc) is 2.61. The molecule has 0 saturated carbocycles. The molecule has 0 saturated heterocycles. The second-order valence-corrected chi connectivity index (χ2v) is 6.25. The summed E-state index contributed by atoms with van der Waals surface area (Å²) in [4.78, 5) is 23.9. The molecule has 0 aromatic heterocycles. The standard InChI is InChI=1S/C21H25NO4/c1-15-7-9-18(10-8-15)14-22-21(24)17(3)26-20(23)11-12-25-19-6-4-5-16(2)13-19/h4-10,13,17H,11-12,14H2,1-3H3,(H,22,24)/t17-/m0/s1. The fraction of sp³-hybridized carbons (Fsp3) is 0.333. The maximum Gasteiger partial charge on any atom is 0.310 e. The van der Waals surface area contributed by atoms with E-state index in [1.165, 1.54) is 0 Å². The van der Waals surface area contributed by atoms with Gasteiger partial charge in [0.1, 0.15) is 5.75 Å². The van der Waals surface area contributed by atoms with Crippen LogP contribution in [0.3, 0.4) is 0 Å². The van der Waals surface area contributed by atoms with E-state index in [-0.39, 0.29) is 18.9 Å². The van der Waals surface area contributed by atoms with Crippen molar-refractivity contribution in [2.45, 2.75) is 39.8 Å². The van der Waals surface area contributed by atoms with E-state index >= 15 is 0 Å². The van der Waals surface area contributed by atoms with Gasteiger partial charge in [-0.15, -0.1) is 0 Å². The van der Waals surface area contributed by atoms with Gasteiger partial charge in [0.25, 0.3) is 5.91 Å². The molecule has 0 fully saturated rings. The maximum absolute atomic E-state index is 12.0. The van der Waals surface area contributed by atoms with Gasteiger partial charge in [-0.25, -0.2) is 0 Å². The smallest absolute Gasteiger partial charge is 0.310 e. The molecule has 0 aliphatic carbocycles. The molecule has 0 bridgehead atoms. The minimum atomic E-state index is -0.841. The molecule has 2 rings (SSSR count). The van der Waals surface area contributed by atoms with Gasteiger partial charge in [0, 0.05) is 6.54 Å². The van der Waals surface area contributed by atoms with E-state index in [0.29, 0.717) is 12.3 Å². The Morgan fingerprint density at radius 1 is 1.04 bits per heavy atom. The molecule has 0 radical (unpaired) electrons. The Hall–Kier alpha value is -2.82. The largest absolute Gasteiger partial charge is 0.493 e. The normalized spacial score (nSPS) is 11.5. The number of rotatable bonds is 8. The van der Waals surface area contributed by atoms with Crippen LogP contribution in [0.1, 0.15) is 30.0 Å². The quantitative estimate of drug-likeness (QED) is 0.738. The molecule has 1 N–H and O–H groups in total. The Balaban J connectivity index is 1.68. The number of carbonyl (C=O) groups is 2. The molecule has 1 amide bonds. The van der Waals surface area contributed by atoms with Crippen LogP contribution in [0.15, 0.2) is 48.5 Å². The summed E-state index contributed by atoms with van der Waals surface area (Å²) in [5, 5.41) is 2.76. The molecule has 26 heavy (non-hydrogen) atoms. The van der Waals surface area contributed by atoms with Gasteiger partial charge in [-0.2, -0.15) is 0 Å². The lowest BCUT2D eigenvalue weighted by molar-refractivity contribution is -0.155. The predicted octanol–water partition coefficient (Wildman–Crippen LogP) is 3.32. The first-order valence-corrected chi connectivity index (χ1v) is 8.66. The summed E-state index contributed by atoms with van der Waals surface area (Å²) in [5.41, 5.74) is 3.24. The highest BCUT2D eigenvalue weighted by Gasteiger charge is 2.17. The summed E-state index contributed by atoms with van der Waals surface area (Å²) in [6.45, 7) is 6.14. The lowest BCUT2D eigenvalue weighted by atomic mass is 10.1. The third kappa shape index (κ3) is 6.59. The Morgan fingerprint density at radius 2 is 1.77 bits per heavy atom. The van der Waals surface area contributed by atoms with Crippen LogP contribution in [0, 0.1) is 13.8 Å². The van der Waals surface area contributed by atoms with Crippen molar-refractivity contribution in [2.24, 2.45) is 0 Å². The monoisotopic (exact) mass is 355 g/mol. The SMILES string of the molecule is Cc1ccc(CNC(=O)[C@H](C)OC(=O)CCOc2cccc(C)c2)cc1. The summed E-state index contributed by atoms with van der Waals surface area (Å²) < 4.78 is 10.7. The molecule has 138 valence electrons. The average molecular weight is 355 g/mol. The van der Waals surface area contributed by atoms with Crippen LogP contribution in [0.2, 0.25) is 0 Å². The highest BCUT2D eigenvalue weighted by Crippen LogP contribution is 2.12. The lowest BCUT2D eigenvalue weighted by Crippen LogP contribution is -2.35. The highest BCUT2D eigenvalue weighted by molar-refractivity contribution is 5.83. The van der Waals surface area contributed by atoms with Crippen LogP contribution in [0.4, 0.5) is 0 Å². The second-order valence-electron chi connectivity index (χ2n) is 6.25.